The molecule has 0 amide bonds. The fourth-order valence-electron chi connectivity index (χ4n) is 4.03. The summed E-state index contributed by atoms with van der Waals surface area (Å²) in [5, 5.41) is 0. The van der Waals surface area contributed by atoms with Crippen LogP contribution in [-0.2, 0) is 11.2 Å². The number of nitrogens with zero attached hydrogens (tertiary/aromatic N) is 2. The van der Waals surface area contributed by atoms with Gasteiger partial charge in [-0.2, -0.15) is 0 Å². The Labute approximate surface area is 162 Å². The Hall–Kier alpha value is -2.01. The molecule has 0 radical (unpaired) electrons. The van der Waals surface area contributed by atoms with Crippen LogP contribution >= 0.6 is 0 Å². The Morgan fingerprint density at radius 2 is 2.00 bits per heavy atom. The quantitative estimate of drug-likeness (QED) is 0.652. The highest BCUT2D eigenvalue weighted by Gasteiger charge is 2.26. The fraction of sp³-hybridized carbons (Fsp3) is 0.591. The van der Waals surface area contributed by atoms with E-state index in [1.807, 2.05) is 28.8 Å². The van der Waals surface area contributed by atoms with Gasteiger partial charge in [0.15, 0.2) is 11.4 Å². The summed E-state index contributed by atoms with van der Waals surface area (Å²) in [6, 6.07) is 5.92. The lowest BCUT2D eigenvalue weighted by molar-refractivity contribution is 0.0361. The van der Waals surface area contributed by atoms with Crippen LogP contribution in [0.15, 0.2) is 24.4 Å². The van der Waals surface area contributed by atoms with Crippen LogP contribution in [0.2, 0.25) is 0 Å². The van der Waals surface area contributed by atoms with Crippen LogP contribution in [-0.4, -0.2) is 48.6 Å². The Morgan fingerprint density at radius 1 is 1.22 bits per heavy atom. The average Bonchev–Trinajstić information content (AvgIpc) is 3.04. The zero-order valence-corrected chi connectivity index (χ0v) is 16.9. The minimum atomic E-state index is -0.291. The molecule has 27 heavy (non-hydrogen) atoms. The lowest BCUT2D eigenvalue weighted by Gasteiger charge is -2.31. The highest BCUT2D eigenvalue weighted by Crippen LogP contribution is 2.32. The first-order valence-corrected chi connectivity index (χ1v) is 10.2. The maximum Gasteiger partial charge on any atom is 0.359 e. The number of piperidine rings is 1. The molecule has 1 aliphatic rings. The second kappa shape index (κ2) is 9.27. The first kappa shape index (κ1) is 19.7. The van der Waals surface area contributed by atoms with Crippen molar-refractivity contribution in [3.63, 3.8) is 0 Å². The number of ether oxygens (including phenoxy) is 2. The monoisotopic (exact) mass is 372 g/mol. The van der Waals surface area contributed by atoms with Gasteiger partial charge in [-0.3, -0.25) is 0 Å². The predicted octanol–water partition coefficient (Wildman–Crippen LogP) is 4.18. The molecule has 1 fully saturated rings. The zero-order valence-electron chi connectivity index (χ0n) is 16.9. The standard InChI is InChI=1S/C22H32N2O3/c1-4-6-12-23-14-10-17(11-15-23)16-27-22(25)20-21(26-3)18(5-2)19-9-7-8-13-24(19)20/h7-9,13,17H,4-6,10-12,14-16H2,1-3H3. The van der Waals surface area contributed by atoms with Crippen molar-refractivity contribution in [2.75, 3.05) is 33.4 Å². The van der Waals surface area contributed by atoms with Crippen molar-refractivity contribution in [3.8, 4) is 5.75 Å². The molecule has 2 aromatic rings. The molecular formula is C22H32N2O3. The van der Waals surface area contributed by atoms with Crippen molar-refractivity contribution in [2.24, 2.45) is 5.92 Å². The lowest BCUT2D eigenvalue weighted by atomic mass is 9.97. The van der Waals surface area contributed by atoms with Gasteiger partial charge in [-0.05, 0) is 63.4 Å². The van der Waals surface area contributed by atoms with Gasteiger partial charge in [0, 0.05) is 11.8 Å². The van der Waals surface area contributed by atoms with E-state index in [-0.39, 0.29) is 5.97 Å². The number of hydrogen-bond donors (Lipinski definition) is 0. The molecule has 0 saturated carbocycles. The smallest absolute Gasteiger partial charge is 0.359 e. The van der Waals surface area contributed by atoms with E-state index >= 15 is 0 Å². The SMILES string of the molecule is CCCCN1CCC(COC(=O)c2c(OC)c(CC)c3ccccn23)CC1. The van der Waals surface area contributed by atoms with Gasteiger partial charge in [-0.15, -0.1) is 0 Å². The summed E-state index contributed by atoms with van der Waals surface area (Å²) in [6.45, 7) is 8.21. The van der Waals surface area contributed by atoms with E-state index in [0.29, 0.717) is 24.0 Å². The van der Waals surface area contributed by atoms with Gasteiger partial charge in [-0.25, -0.2) is 4.79 Å². The molecule has 2 aromatic heterocycles. The topological polar surface area (TPSA) is 43.2 Å². The van der Waals surface area contributed by atoms with Crippen molar-refractivity contribution in [1.82, 2.24) is 9.30 Å². The summed E-state index contributed by atoms with van der Waals surface area (Å²) in [5.41, 5.74) is 2.56. The van der Waals surface area contributed by atoms with E-state index < -0.39 is 0 Å². The molecule has 0 atom stereocenters. The number of carbonyl (C=O) groups is 1. The summed E-state index contributed by atoms with van der Waals surface area (Å²) in [5.74, 6) is 0.805. The summed E-state index contributed by atoms with van der Waals surface area (Å²) < 4.78 is 13.2. The number of aryl methyl sites for hydroxylation is 1. The molecule has 148 valence electrons. The Bertz CT molecular complexity index is 760. The molecule has 0 N–H and O–H groups in total. The van der Waals surface area contributed by atoms with Crippen molar-refractivity contribution < 1.29 is 14.3 Å². The molecular weight excluding hydrogens is 340 g/mol. The molecule has 1 aliphatic heterocycles. The summed E-state index contributed by atoms with van der Waals surface area (Å²) >= 11 is 0. The highest BCUT2D eigenvalue weighted by molar-refractivity contribution is 5.94. The number of carbonyl (C=O) groups excluding carboxylic acids is 1. The summed E-state index contributed by atoms with van der Waals surface area (Å²) in [6.07, 6.45) is 7.41. The predicted molar refractivity (Wildman–Crippen MR) is 108 cm³/mol. The van der Waals surface area contributed by atoms with Gasteiger partial charge in [-0.1, -0.05) is 26.3 Å². The van der Waals surface area contributed by atoms with E-state index in [4.69, 9.17) is 9.47 Å². The van der Waals surface area contributed by atoms with Gasteiger partial charge < -0.3 is 18.8 Å². The minimum absolute atomic E-state index is 0.291. The van der Waals surface area contributed by atoms with Gasteiger partial charge in [0.1, 0.15) is 0 Å². The van der Waals surface area contributed by atoms with E-state index in [1.165, 1.54) is 19.4 Å². The van der Waals surface area contributed by atoms with Crippen LogP contribution in [0.5, 0.6) is 5.75 Å². The molecule has 0 aliphatic carbocycles. The fourth-order valence-corrected chi connectivity index (χ4v) is 4.03. The van der Waals surface area contributed by atoms with E-state index in [9.17, 15) is 4.79 Å². The number of likely N-dealkylation sites (tertiary alicyclic amines) is 1. The largest absolute Gasteiger partial charge is 0.494 e. The molecule has 3 heterocycles. The van der Waals surface area contributed by atoms with Crippen LogP contribution in [0.4, 0.5) is 0 Å². The van der Waals surface area contributed by atoms with Crippen molar-refractivity contribution in [3.05, 3.63) is 35.7 Å². The van der Waals surface area contributed by atoms with E-state index in [0.717, 1.165) is 43.4 Å². The number of fused-ring (bicyclic) bond motifs is 1. The molecule has 0 bridgehead atoms. The maximum atomic E-state index is 12.9. The second-order valence-corrected chi connectivity index (χ2v) is 7.41. The van der Waals surface area contributed by atoms with Crippen LogP contribution in [0, 0.1) is 5.92 Å². The molecule has 3 rings (SSSR count). The average molecular weight is 373 g/mol. The number of rotatable bonds is 8. The van der Waals surface area contributed by atoms with Crippen molar-refractivity contribution in [2.45, 2.75) is 46.0 Å². The van der Waals surface area contributed by atoms with E-state index in [1.54, 1.807) is 7.11 Å². The van der Waals surface area contributed by atoms with Gasteiger partial charge >= 0.3 is 5.97 Å². The maximum absolute atomic E-state index is 12.9. The molecule has 0 spiro atoms. The first-order valence-electron chi connectivity index (χ1n) is 10.2. The minimum Gasteiger partial charge on any atom is -0.494 e. The third kappa shape index (κ3) is 4.29. The summed E-state index contributed by atoms with van der Waals surface area (Å²) in [4.78, 5) is 15.4. The molecule has 5 nitrogen and oxygen atoms in total. The molecule has 1 saturated heterocycles. The number of methoxy groups -OCH3 is 1. The van der Waals surface area contributed by atoms with Crippen LogP contribution in [0.3, 0.4) is 0 Å². The third-order valence-corrected chi connectivity index (χ3v) is 5.64. The van der Waals surface area contributed by atoms with Crippen molar-refractivity contribution >= 4 is 11.5 Å². The normalized spacial score (nSPS) is 16.0. The number of unbranched alkanes of at least 4 members (excludes halogenated alkanes) is 1. The van der Waals surface area contributed by atoms with Gasteiger partial charge in [0.2, 0.25) is 0 Å². The Kier molecular flexibility index (Phi) is 6.78. The lowest BCUT2D eigenvalue weighted by Crippen LogP contribution is -2.36. The highest BCUT2D eigenvalue weighted by atomic mass is 16.5. The van der Waals surface area contributed by atoms with Crippen LogP contribution in [0.25, 0.3) is 5.52 Å². The first-order chi connectivity index (χ1) is 13.2. The van der Waals surface area contributed by atoms with Crippen LogP contribution < -0.4 is 4.74 Å². The molecule has 5 heteroatoms. The second-order valence-electron chi connectivity index (χ2n) is 7.41. The Morgan fingerprint density at radius 3 is 2.67 bits per heavy atom. The number of hydrogen-bond acceptors (Lipinski definition) is 4. The third-order valence-electron chi connectivity index (χ3n) is 5.64. The van der Waals surface area contributed by atoms with Gasteiger partial charge in [0.05, 0.1) is 19.2 Å². The van der Waals surface area contributed by atoms with Crippen molar-refractivity contribution in [1.29, 1.82) is 0 Å². The number of aromatic nitrogens is 1. The number of pyridine rings is 1. The zero-order chi connectivity index (χ0) is 19.2. The Balaban J connectivity index is 1.65. The van der Waals surface area contributed by atoms with E-state index in [2.05, 4.69) is 18.7 Å². The van der Waals surface area contributed by atoms with Crippen LogP contribution in [0.1, 0.15) is 55.6 Å². The summed E-state index contributed by atoms with van der Waals surface area (Å²) in [7, 11) is 1.62. The number of esters is 1. The molecule has 0 aromatic carbocycles. The molecule has 0 unspecified atom stereocenters. The van der Waals surface area contributed by atoms with Gasteiger partial charge in [0.25, 0.3) is 0 Å².